The lowest BCUT2D eigenvalue weighted by molar-refractivity contribution is 0.672. The van der Waals surface area contributed by atoms with E-state index in [1.54, 1.807) is 11.3 Å². The molecule has 0 atom stereocenters. The van der Waals surface area contributed by atoms with Gasteiger partial charge in [0.05, 0.1) is 11.2 Å². The van der Waals surface area contributed by atoms with Crippen LogP contribution in [0.3, 0.4) is 0 Å². The van der Waals surface area contributed by atoms with Crippen LogP contribution in [0.5, 0.6) is 0 Å². The standard InChI is InChI=1S/C18H19N3S/c1-11-7-8-15-13(9-11)17(16-10-22-18(19-2)21-16)12-5-3-4-6-14(12)20-15/h7-10H,3-6H2,1-2H3,(H,19,21). The smallest absolute Gasteiger partial charge is 0.182 e. The van der Waals surface area contributed by atoms with Gasteiger partial charge in [0, 0.05) is 29.1 Å². The van der Waals surface area contributed by atoms with Crippen molar-refractivity contribution in [3.63, 3.8) is 0 Å². The third-order valence-corrected chi connectivity index (χ3v) is 5.25. The molecule has 0 spiro atoms. The lowest BCUT2D eigenvalue weighted by Gasteiger charge is -2.20. The number of hydrogen-bond acceptors (Lipinski definition) is 4. The Morgan fingerprint density at radius 3 is 2.82 bits per heavy atom. The van der Waals surface area contributed by atoms with Crippen LogP contribution in [0.25, 0.3) is 22.2 Å². The number of nitrogens with one attached hydrogen (secondary N) is 1. The summed E-state index contributed by atoms with van der Waals surface area (Å²) >= 11 is 1.67. The van der Waals surface area contributed by atoms with Crippen LogP contribution in [0.15, 0.2) is 23.6 Å². The third kappa shape index (κ3) is 2.18. The highest BCUT2D eigenvalue weighted by Gasteiger charge is 2.20. The summed E-state index contributed by atoms with van der Waals surface area (Å²) in [5, 5.41) is 7.53. The van der Waals surface area contributed by atoms with Gasteiger partial charge < -0.3 is 5.32 Å². The number of nitrogens with zero attached hydrogens (tertiary/aromatic N) is 2. The third-order valence-electron chi connectivity index (χ3n) is 4.39. The zero-order valence-electron chi connectivity index (χ0n) is 12.9. The van der Waals surface area contributed by atoms with E-state index in [0.717, 1.165) is 29.2 Å². The Kier molecular flexibility index (Phi) is 3.34. The fourth-order valence-electron chi connectivity index (χ4n) is 3.33. The summed E-state index contributed by atoms with van der Waals surface area (Å²) in [4.78, 5) is 9.70. The topological polar surface area (TPSA) is 37.8 Å². The number of benzene rings is 1. The van der Waals surface area contributed by atoms with Crippen LogP contribution in [0.4, 0.5) is 5.13 Å². The first-order chi connectivity index (χ1) is 10.8. The molecule has 0 fully saturated rings. The number of hydrogen-bond donors (Lipinski definition) is 1. The maximum atomic E-state index is 4.93. The Labute approximate surface area is 134 Å². The lowest BCUT2D eigenvalue weighted by atomic mass is 9.88. The molecule has 0 radical (unpaired) electrons. The van der Waals surface area contributed by atoms with Gasteiger partial charge in [-0.1, -0.05) is 11.6 Å². The highest BCUT2D eigenvalue weighted by molar-refractivity contribution is 7.14. The predicted molar refractivity (Wildman–Crippen MR) is 93.8 cm³/mol. The minimum absolute atomic E-state index is 0.970. The summed E-state index contributed by atoms with van der Waals surface area (Å²) in [6.45, 7) is 2.14. The Morgan fingerprint density at radius 2 is 2.00 bits per heavy atom. The minimum atomic E-state index is 0.970. The van der Waals surface area contributed by atoms with Crippen LogP contribution in [0, 0.1) is 6.92 Å². The van der Waals surface area contributed by atoms with E-state index >= 15 is 0 Å². The molecule has 3 aromatic rings. The quantitative estimate of drug-likeness (QED) is 0.752. The van der Waals surface area contributed by atoms with Crippen LogP contribution in [0.1, 0.15) is 29.7 Å². The second-order valence-electron chi connectivity index (χ2n) is 5.93. The van der Waals surface area contributed by atoms with E-state index in [9.17, 15) is 0 Å². The fraction of sp³-hybridized carbons (Fsp3) is 0.333. The Bertz CT molecular complexity index is 851. The summed E-state index contributed by atoms with van der Waals surface area (Å²) in [7, 11) is 1.92. The van der Waals surface area contributed by atoms with E-state index in [2.05, 4.69) is 35.8 Å². The van der Waals surface area contributed by atoms with E-state index in [-0.39, 0.29) is 0 Å². The van der Waals surface area contributed by atoms with Gasteiger partial charge in [-0.2, -0.15) is 0 Å². The van der Waals surface area contributed by atoms with Crippen molar-refractivity contribution in [2.45, 2.75) is 32.6 Å². The van der Waals surface area contributed by atoms with Crippen molar-refractivity contribution < 1.29 is 0 Å². The summed E-state index contributed by atoms with van der Waals surface area (Å²) < 4.78 is 0. The molecule has 2 aromatic heterocycles. The molecule has 22 heavy (non-hydrogen) atoms. The van der Waals surface area contributed by atoms with Gasteiger partial charge in [0.2, 0.25) is 0 Å². The van der Waals surface area contributed by atoms with E-state index in [1.807, 2.05) is 7.05 Å². The molecule has 0 aliphatic heterocycles. The van der Waals surface area contributed by atoms with Crippen LogP contribution in [-0.2, 0) is 12.8 Å². The first-order valence-corrected chi connectivity index (χ1v) is 8.70. The largest absolute Gasteiger partial charge is 0.365 e. The highest BCUT2D eigenvalue weighted by atomic mass is 32.1. The van der Waals surface area contributed by atoms with Gasteiger partial charge in [0.25, 0.3) is 0 Å². The molecule has 4 heteroatoms. The normalized spacial score (nSPS) is 14.1. The summed E-state index contributed by atoms with van der Waals surface area (Å²) in [5.41, 5.74) is 7.45. The number of fused-ring (bicyclic) bond motifs is 2. The maximum absolute atomic E-state index is 4.93. The first kappa shape index (κ1) is 13.7. The molecule has 3 nitrogen and oxygen atoms in total. The van der Waals surface area contributed by atoms with Gasteiger partial charge in [-0.25, -0.2) is 4.98 Å². The van der Waals surface area contributed by atoms with E-state index in [0.29, 0.717) is 0 Å². The van der Waals surface area contributed by atoms with Crippen molar-refractivity contribution in [3.8, 4) is 11.3 Å². The Hall–Kier alpha value is -1.94. The van der Waals surface area contributed by atoms with Crippen molar-refractivity contribution in [1.29, 1.82) is 0 Å². The summed E-state index contributed by atoms with van der Waals surface area (Å²) in [6, 6.07) is 6.55. The Balaban J connectivity index is 2.06. The Morgan fingerprint density at radius 1 is 1.14 bits per heavy atom. The van der Waals surface area contributed by atoms with Gasteiger partial charge in [-0.05, 0) is 50.3 Å². The molecular formula is C18H19N3S. The average Bonchev–Trinajstić information content (AvgIpc) is 3.01. The number of rotatable bonds is 2. The highest BCUT2D eigenvalue weighted by Crippen LogP contribution is 2.37. The molecule has 0 bridgehead atoms. The van der Waals surface area contributed by atoms with Gasteiger partial charge in [-0.3, -0.25) is 4.98 Å². The van der Waals surface area contributed by atoms with E-state index in [1.165, 1.54) is 40.6 Å². The van der Waals surface area contributed by atoms with E-state index in [4.69, 9.17) is 9.97 Å². The number of thiazole rings is 1. The van der Waals surface area contributed by atoms with Gasteiger partial charge in [0.15, 0.2) is 5.13 Å². The minimum Gasteiger partial charge on any atom is -0.365 e. The van der Waals surface area contributed by atoms with Crippen LogP contribution in [0.2, 0.25) is 0 Å². The monoisotopic (exact) mass is 309 g/mol. The molecule has 0 unspecified atom stereocenters. The average molecular weight is 309 g/mol. The predicted octanol–water partition coefficient (Wildman–Crippen LogP) is 4.59. The molecule has 2 heterocycles. The number of anilines is 1. The van der Waals surface area contributed by atoms with Crippen LogP contribution < -0.4 is 5.32 Å². The zero-order chi connectivity index (χ0) is 15.1. The second-order valence-corrected chi connectivity index (χ2v) is 6.79. The molecule has 1 aliphatic rings. The number of pyridine rings is 1. The summed E-state index contributed by atoms with van der Waals surface area (Å²) in [5.74, 6) is 0. The number of aromatic nitrogens is 2. The van der Waals surface area contributed by atoms with E-state index < -0.39 is 0 Å². The lowest BCUT2D eigenvalue weighted by Crippen LogP contribution is -2.08. The molecule has 4 rings (SSSR count). The fourth-order valence-corrected chi connectivity index (χ4v) is 4.00. The molecule has 1 aliphatic carbocycles. The molecule has 112 valence electrons. The van der Waals surface area contributed by atoms with Gasteiger partial charge in [-0.15, -0.1) is 11.3 Å². The van der Waals surface area contributed by atoms with Crippen molar-refractivity contribution in [2.75, 3.05) is 12.4 Å². The first-order valence-electron chi connectivity index (χ1n) is 7.82. The van der Waals surface area contributed by atoms with Crippen molar-refractivity contribution in [3.05, 3.63) is 40.4 Å². The van der Waals surface area contributed by atoms with Gasteiger partial charge in [0.1, 0.15) is 0 Å². The maximum Gasteiger partial charge on any atom is 0.182 e. The second kappa shape index (κ2) is 5.36. The molecule has 1 N–H and O–H groups in total. The molecule has 0 saturated carbocycles. The van der Waals surface area contributed by atoms with Crippen LogP contribution >= 0.6 is 11.3 Å². The molecule has 0 amide bonds. The molecule has 1 aromatic carbocycles. The summed E-state index contributed by atoms with van der Waals surface area (Å²) in [6.07, 6.45) is 4.71. The van der Waals surface area contributed by atoms with Crippen LogP contribution in [-0.4, -0.2) is 17.0 Å². The van der Waals surface area contributed by atoms with Crippen molar-refractivity contribution in [2.24, 2.45) is 0 Å². The zero-order valence-corrected chi connectivity index (χ0v) is 13.8. The van der Waals surface area contributed by atoms with Gasteiger partial charge >= 0.3 is 0 Å². The van der Waals surface area contributed by atoms with Crippen molar-refractivity contribution >= 4 is 27.4 Å². The molecule has 0 saturated heterocycles. The SMILES string of the molecule is CNc1nc(-c2c3c(nc4ccc(C)cc24)CCCC3)cs1. The van der Waals surface area contributed by atoms with Crippen molar-refractivity contribution in [1.82, 2.24) is 9.97 Å². The number of aryl methyl sites for hydroxylation is 2. The molecular weight excluding hydrogens is 290 g/mol.